The lowest BCUT2D eigenvalue weighted by molar-refractivity contribution is 0.677. The topological polar surface area (TPSA) is 50.9 Å². The van der Waals surface area contributed by atoms with Crippen molar-refractivity contribution in [3.05, 3.63) is 42.1 Å². The average molecular weight is 197 g/mol. The molecule has 3 nitrogen and oxygen atoms in total. The fourth-order valence-corrected chi connectivity index (χ4v) is 1.59. The summed E-state index contributed by atoms with van der Waals surface area (Å²) in [5.41, 5.74) is 4.40. The second-order valence-corrected chi connectivity index (χ2v) is 3.19. The predicted molar refractivity (Wildman–Crippen MR) is 60.6 cm³/mol. The Morgan fingerprint density at radius 1 is 1.33 bits per heavy atom. The lowest BCUT2D eigenvalue weighted by Gasteiger charge is -2.11. The first kappa shape index (κ1) is 9.66. The zero-order chi connectivity index (χ0) is 10.7. The van der Waals surface area contributed by atoms with Crippen molar-refractivity contribution in [2.45, 2.75) is 6.04 Å². The third kappa shape index (κ3) is 1.68. The van der Waals surface area contributed by atoms with Crippen molar-refractivity contribution in [3.63, 3.8) is 0 Å². The van der Waals surface area contributed by atoms with Gasteiger partial charge in [0.15, 0.2) is 0 Å². The molecule has 2 rings (SSSR count). The van der Waals surface area contributed by atoms with E-state index in [0.717, 1.165) is 16.5 Å². The molecule has 1 atom stereocenters. The van der Waals surface area contributed by atoms with Gasteiger partial charge in [-0.25, -0.2) is 5.43 Å². The summed E-state index contributed by atoms with van der Waals surface area (Å²) in [5, 5.41) is 1.06. The number of nitrogens with zero attached hydrogens (tertiary/aromatic N) is 1. The highest BCUT2D eigenvalue weighted by molar-refractivity contribution is 5.82. The van der Waals surface area contributed by atoms with Gasteiger partial charge in [0, 0.05) is 17.1 Å². The molecule has 15 heavy (non-hydrogen) atoms. The maximum absolute atomic E-state index is 5.39. The van der Waals surface area contributed by atoms with Crippen LogP contribution < -0.4 is 11.3 Å². The largest absolute Gasteiger partial charge is 0.270 e. The molecule has 0 saturated heterocycles. The minimum Gasteiger partial charge on any atom is -0.270 e. The van der Waals surface area contributed by atoms with Crippen LogP contribution in [0.25, 0.3) is 10.9 Å². The van der Waals surface area contributed by atoms with E-state index >= 15 is 0 Å². The molecule has 0 spiro atoms. The van der Waals surface area contributed by atoms with Crippen molar-refractivity contribution in [2.75, 3.05) is 0 Å². The second-order valence-electron chi connectivity index (χ2n) is 3.19. The highest BCUT2D eigenvalue weighted by Crippen LogP contribution is 2.21. The quantitative estimate of drug-likeness (QED) is 0.434. The molecule has 0 aliphatic carbocycles. The summed E-state index contributed by atoms with van der Waals surface area (Å²) in [6, 6.07) is 9.46. The van der Waals surface area contributed by atoms with E-state index in [1.807, 2.05) is 30.3 Å². The molecular weight excluding hydrogens is 186 g/mol. The number of nitrogens with one attached hydrogen (secondary N) is 1. The fourth-order valence-electron chi connectivity index (χ4n) is 1.59. The molecule has 0 aliphatic rings. The van der Waals surface area contributed by atoms with E-state index in [1.165, 1.54) is 0 Å². The third-order valence-electron chi connectivity index (χ3n) is 2.31. The Morgan fingerprint density at radius 3 is 2.87 bits per heavy atom. The van der Waals surface area contributed by atoms with Crippen LogP contribution in [0, 0.1) is 12.3 Å². The summed E-state index contributed by atoms with van der Waals surface area (Å²) < 4.78 is 0. The standard InChI is InChI=1S/C12H11N3/c1-2-11(15-13)10-7-3-5-9-6-4-8-14-12(9)10/h1,3-8,11,15H,13H2. The molecule has 0 radical (unpaired) electrons. The summed E-state index contributed by atoms with van der Waals surface area (Å²) >= 11 is 0. The van der Waals surface area contributed by atoms with E-state index < -0.39 is 0 Å². The van der Waals surface area contributed by atoms with Crippen LogP contribution in [0.5, 0.6) is 0 Å². The number of nitrogens with two attached hydrogens (primary N) is 1. The van der Waals surface area contributed by atoms with Crippen LogP contribution in [0.1, 0.15) is 11.6 Å². The van der Waals surface area contributed by atoms with Gasteiger partial charge in [-0.3, -0.25) is 10.8 Å². The minimum absolute atomic E-state index is 0.302. The van der Waals surface area contributed by atoms with Crippen LogP contribution >= 0.6 is 0 Å². The van der Waals surface area contributed by atoms with E-state index in [-0.39, 0.29) is 6.04 Å². The molecule has 1 unspecified atom stereocenters. The number of para-hydroxylation sites is 1. The first-order valence-corrected chi connectivity index (χ1v) is 4.62. The molecule has 1 aromatic carbocycles. The summed E-state index contributed by atoms with van der Waals surface area (Å²) in [6.07, 6.45) is 7.13. The number of pyridine rings is 1. The van der Waals surface area contributed by atoms with Crippen LogP contribution in [-0.2, 0) is 0 Å². The SMILES string of the molecule is C#CC(NN)c1cccc2cccnc12. The summed E-state index contributed by atoms with van der Waals surface area (Å²) in [5.74, 6) is 7.97. The molecule has 1 heterocycles. The number of fused-ring (bicyclic) bond motifs is 1. The molecule has 0 fully saturated rings. The van der Waals surface area contributed by atoms with E-state index in [0.29, 0.717) is 0 Å². The lowest BCUT2D eigenvalue weighted by atomic mass is 10.0. The average Bonchev–Trinajstić information content (AvgIpc) is 2.31. The number of benzene rings is 1. The van der Waals surface area contributed by atoms with Gasteiger partial charge in [0.1, 0.15) is 6.04 Å². The van der Waals surface area contributed by atoms with Gasteiger partial charge in [-0.1, -0.05) is 30.2 Å². The number of terminal acetylenes is 1. The van der Waals surface area contributed by atoms with Crippen molar-refractivity contribution < 1.29 is 0 Å². The summed E-state index contributed by atoms with van der Waals surface area (Å²) in [7, 11) is 0. The molecule has 1 aromatic heterocycles. The fraction of sp³-hybridized carbons (Fsp3) is 0.0833. The molecule has 0 saturated carbocycles. The van der Waals surface area contributed by atoms with Gasteiger partial charge in [0.05, 0.1) is 5.52 Å². The van der Waals surface area contributed by atoms with E-state index in [2.05, 4.69) is 16.3 Å². The predicted octanol–water partition coefficient (Wildman–Crippen LogP) is 1.37. The summed E-state index contributed by atoms with van der Waals surface area (Å²) in [4.78, 5) is 4.31. The first-order chi connectivity index (χ1) is 7.36. The minimum atomic E-state index is -0.302. The summed E-state index contributed by atoms with van der Waals surface area (Å²) in [6.45, 7) is 0. The maximum Gasteiger partial charge on any atom is 0.109 e. The van der Waals surface area contributed by atoms with Crippen LogP contribution in [0.3, 0.4) is 0 Å². The van der Waals surface area contributed by atoms with Gasteiger partial charge in [-0.05, 0) is 6.07 Å². The van der Waals surface area contributed by atoms with Gasteiger partial charge in [0.2, 0.25) is 0 Å². The van der Waals surface area contributed by atoms with Gasteiger partial charge in [-0.15, -0.1) is 6.42 Å². The van der Waals surface area contributed by atoms with Gasteiger partial charge in [0.25, 0.3) is 0 Å². The van der Waals surface area contributed by atoms with Gasteiger partial charge < -0.3 is 0 Å². The Labute approximate surface area is 88.3 Å². The normalized spacial score (nSPS) is 12.3. The van der Waals surface area contributed by atoms with Crippen molar-refractivity contribution in [3.8, 4) is 12.3 Å². The highest BCUT2D eigenvalue weighted by atomic mass is 15.2. The van der Waals surface area contributed by atoms with E-state index in [4.69, 9.17) is 12.3 Å². The zero-order valence-corrected chi connectivity index (χ0v) is 8.14. The van der Waals surface area contributed by atoms with Crippen molar-refractivity contribution in [1.82, 2.24) is 10.4 Å². The molecular formula is C12H11N3. The van der Waals surface area contributed by atoms with Crippen molar-refractivity contribution in [1.29, 1.82) is 0 Å². The van der Waals surface area contributed by atoms with Crippen LogP contribution in [0.4, 0.5) is 0 Å². The monoisotopic (exact) mass is 197 g/mol. The van der Waals surface area contributed by atoms with Gasteiger partial charge in [-0.2, -0.15) is 0 Å². The van der Waals surface area contributed by atoms with Gasteiger partial charge >= 0.3 is 0 Å². The van der Waals surface area contributed by atoms with Crippen LogP contribution in [0.15, 0.2) is 36.5 Å². The number of aromatic nitrogens is 1. The Balaban J connectivity index is 2.66. The highest BCUT2D eigenvalue weighted by Gasteiger charge is 2.09. The Bertz CT molecular complexity index is 508. The molecule has 74 valence electrons. The molecule has 2 aromatic rings. The molecule has 0 amide bonds. The molecule has 0 aliphatic heterocycles. The lowest BCUT2D eigenvalue weighted by Crippen LogP contribution is -2.27. The van der Waals surface area contributed by atoms with Crippen molar-refractivity contribution >= 4 is 10.9 Å². The Morgan fingerprint density at radius 2 is 2.13 bits per heavy atom. The number of hydrogen-bond donors (Lipinski definition) is 2. The zero-order valence-electron chi connectivity index (χ0n) is 8.14. The third-order valence-corrected chi connectivity index (χ3v) is 2.31. The van der Waals surface area contributed by atoms with Crippen molar-refractivity contribution in [2.24, 2.45) is 5.84 Å². The number of hydrazine groups is 1. The van der Waals surface area contributed by atoms with Crippen LogP contribution in [-0.4, -0.2) is 4.98 Å². The van der Waals surface area contributed by atoms with E-state index in [1.54, 1.807) is 6.20 Å². The Kier molecular flexibility index (Phi) is 2.64. The van der Waals surface area contributed by atoms with E-state index in [9.17, 15) is 0 Å². The maximum atomic E-state index is 5.39. The Hall–Kier alpha value is -1.89. The molecule has 3 heteroatoms. The molecule has 0 bridgehead atoms. The van der Waals surface area contributed by atoms with Crippen LogP contribution in [0.2, 0.25) is 0 Å². The number of hydrogen-bond acceptors (Lipinski definition) is 3. The number of rotatable bonds is 2. The molecule has 3 N–H and O–H groups in total. The smallest absolute Gasteiger partial charge is 0.109 e. The second kappa shape index (κ2) is 4.09. The first-order valence-electron chi connectivity index (χ1n) is 4.62.